The van der Waals surface area contributed by atoms with Crippen LogP contribution in [0.3, 0.4) is 0 Å². The van der Waals surface area contributed by atoms with Crippen molar-refractivity contribution in [2.75, 3.05) is 0 Å². The second-order valence-corrected chi connectivity index (χ2v) is 4.85. The SMILES string of the molecule is Cc1nn(C)c(CC(O)c2ncccc2Cl)c1Cl. The van der Waals surface area contributed by atoms with Crippen LogP contribution in [-0.2, 0) is 13.5 Å². The number of aromatic nitrogens is 3. The molecule has 18 heavy (non-hydrogen) atoms. The Morgan fingerprint density at radius 1 is 1.44 bits per heavy atom. The van der Waals surface area contributed by atoms with Crippen LogP contribution < -0.4 is 0 Å². The molecule has 0 saturated carbocycles. The molecule has 0 bridgehead atoms. The lowest BCUT2D eigenvalue weighted by molar-refractivity contribution is 0.171. The lowest BCUT2D eigenvalue weighted by Gasteiger charge is -2.11. The summed E-state index contributed by atoms with van der Waals surface area (Å²) in [5, 5.41) is 15.4. The molecule has 4 nitrogen and oxygen atoms in total. The number of hydrogen-bond donors (Lipinski definition) is 1. The van der Waals surface area contributed by atoms with Gasteiger partial charge in [0.05, 0.1) is 27.1 Å². The van der Waals surface area contributed by atoms with Crippen molar-refractivity contribution in [1.82, 2.24) is 14.8 Å². The molecule has 0 amide bonds. The number of nitrogens with zero attached hydrogens (tertiary/aromatic N) is 3. The predicted octanol–water partition coefficient (Wildman–Crippen LogP) is 2.71. The highest BCUT2D eigenvalue weighted by Crippen LogP contribution is 2.27. The second kappa shape index (κ2) is 5.26. The first-order valence-corrected chi connectivity index (χ1v) is 6.22. The number of aryl methyl sites for hydroxylation is 2. The third-order valence-corrected chi connectivity index (χ3v) is 3.56. The molecule has 0 spiro atoms. The second-order valence-electron chi connectivity index (χ2n) is 4.06. The lowest BCUT2D eigenvalue weighted by Crippen LogP contribution is -2.08. The Morgan fingerprint density at radius 3 is 2.72 bits per heavy atom. The molecule has 0 radical (unpaired) electrons. The van der Waals surface area contributed by atoms with E-state index in [0.717, 1.165) is 11.4 Å². The third-order valence-electron chi connectivity index (χ3n) is 2.75. The zero-order valence-electron chi connectivity index (χ0n) is 10.1. The fourth-order valence-electron chi connectivity index (χ4n) is 1.82. The van der Waals surface area contributed by atoms with Gasteiger partial charge >= 0.3 is 0 Å². The molecule has 0 aliphatic heterocycles. The van der Waals surface area contributed by atoms with E-state index in [1.54, 1.807) is 30.1 Å². The van der Waals surface area contributed by atoms with Gasteiger partial charge in [0.1, 0.15) is 6.10 Å². The monoisotopic (exact) mass is 285 g/mol. The van der Waals surface area contributed by atoms with E-state index < -0.39 is 6.10 Å². The summed E-state index contributed by atoms with van der Waals surface area (Å²) in [5.41, 5.74) is 1.96. The van der Waals surface area contributed by atoms with Crippen molar-refractivity contribution in [3.05, 3.63) is 45.5 Å². The van der Waals surface area contributed by atoms with Crippen molar-refractivity contribution in [3.8, 4) is 0 Å². The first-order valence-electron chi connectivity index (χ1n) is 5.47. The van der Waals surface area contributed by atoms with Crippen molar-refractivity contribution < 1.29 is 5.11 Å². The van der Waals surface area contributed by atoms with Crippen LogP contribution in [0.4, 0.5) is 0 Å². The van der Waals surface area contributed by atoms with Gasteiger partial charge in [0.25, 0.3) is 0 Å². The summed E-state index contributed by atoms with van der Waals surface area (Å²) in [6.07, 6.45) is 1.12. The zero-order valence-corrected chi connectivity index (χ0v) is 11.6. The van der Waals surface area contributed by atoms with E-state index in [0.29, 0.717) is 22.2 Å². The number of pyridine rings is 1. The van der Waals surface area contributed by atoms with E-state index in [1.807, 2.05) is 6.92 Å². The average molecular weight is 286 g/mol. The van der Waals surface area contributed by atoms with Crippen LogP contribution in [0.25, 0.3) is 0 Å². The van der Waals surface area contributed by atoms with Crippen molar-refractivity contribution in [2.24, 2.45) is 7.05 Å². The highest BCUT2D eigenvalue weighted by molar-refractivity contribution is 6.32. The quantitative estimate of drug-likeness (QED) is 0.943. The van der Waals surface area contributed by atoms with Gasteiger partial charge in [-0.25, -0.2) is 0 Å². The molecule has 1 atom stereocenters. The average Bonchev–Trinajstić information content (AvgIpc) is 2.56. The standard InChI is InChI=1S/C12H13Cl2N3O/c1-7-11(14)9(17(2)16-7)6-10(18)12-8(13)4-3-5-15-12/h3-5,10,18H,6H2,1-2H3. The Bertz CT molecular complexity index is 568. The summed E-state index contributed by atoms with van der Waals surface area (Å²) < 4.78 is 1.66. The van der Waals surface area contributed by atoms with E-state index in [1.165, 1.54) is 0 Å². The predicted molar refractivity (Wildman–Crippen MR) is 70.9 cm³/mol. The molecule has 2 heterocycles. The van der Waals surface area contributed by atoms with Crippen molar-refractivity contribution in [1.29, 1.82) is 0 Å². The highest BCUT2D eigenvalue weighted by Gasteiger charge is 2.19. The third kappa shape index (κ3) is 2.51. The van der Waals surface area contributed by atoms with E-state index in [2.05, 4.69) is 10.1 Å². The molecular weight excluding hydrogens is 273 g/mol. The first kappa shape index (κ1) is 13.3. The van der Waals surface area contributed by atoms with E-state index in [9.17, 15) is 5.11 Å². The molecule has 6 heteroatoms. The minimum atomic E-state index is -0.800. The molecular formula is C12H13Cl2N3O. The van der Waals surface area contributed by atoms with Crippen LogP contribution in [0.2, 0.25) is 10.0 Å². The van der Waals surface area contributed by atoms with Gasteiger partial charge in [-0.15, -0.1) is 0 Å². The van der Waals surface area contributed by atoms with Gasteiger partial charge in [0.15, 0.2) is 0 Å². The van der Waals surface area contributed by atoms with Gasteiger partial charge in [-0.05, 0) is 19.1 Å². The van der Waals surface area contributed by atoms with Crippen molar-refractivity contribution in [3.63, 3.8) is 0 Å². The normalized spacial score (nSPS) is 12.7. The van der Waals surface area contributed by atoms with Gasteiger partial charge in [0, 0.05) is 19.7 Å². The maximum absolute atomic E-state index is 10.2. The molecule has 96 valence electrons. The molecule has 1 N–H and O–H groups in total. The summed E-state index contributed by atoms with van der Waals surface area (Å²) >= 11 is 12.1. The molecule has 2 rings (SSSR count). The Kier molecular flexibility index (Phi) is 3.90. The Balaban J connectivity index is 2.27. The lowest BCUT2D eigenvalue weighted by atomic mass is 10.1. The van der Waals surface area contributed by atoms with Crippen LogP contribution >= 0.6 is 23.2 Å². The zero-order chi connectivity index (χ0) is 13.3. The first-order chi connectivity index (χ1) is 8.50. The fourth-order valence-corrected chi connectivity index (χ4v) is 2.31. The maximum Gasteiger partial charge on any atom is 0.103 e. The molecule has 0 fully saturated rings. The van der Waals surface area contributed by atoms with E-state index >= 15 is 0 Å². The molecule has 2 aromatic rings. The summed E-state index contributed by atoms with van der Waals surface area (Å²) in [7, 11) is 1.79. The maximum atomic E-state index is 10.2. The van der Waals surface area contributed by atoms with Gasteiger partial charge < -0.3 is 5.11 Å². The number of halogens is 2. The summed E-state index contributed by atoms with van der Waals surface area (Å²) in [6, 6.07) is 3.42. The topological polar surface area (TPSA) is 50.9 Å². The van der Waals surface area contributed by atoms with Gasteiger partial charge in [-0.1, -0.05) is 23.2 Å². The molecule has 1 unspecified atom stereocenters. The summed E-state index contributed by atoms with van der Waals surface area (Å²) in [4.78, 5) is 4.09. The van der Waals surface area contributed by atoms with Crippen LogP contribution in [0.15, 0.2) is 18.3 Å². The molecule has 2 aromatic heterocycles. The number of aliphatic hydroxyl groups is 1. The Hall–Kier alpha value is -1.10. The fraction of sp³-hybridized carbons (Fsp3) is 0.333. The van der Waals surface area contributed by atoms with Crippen molar-refractivity contribution in [2.45, 2.75) is 19.4 Å². The number of hydrogen-bond acceptors (Lipinski definition) is 3. The van der Waals surface area contributed by atoms with Crippen LogP contribution in [0.1, 0.15) is 23.2 Å². The Morgan fingerprint density at radius 2 is 2.17 bits per heavy atom. The highest BCUT2D eigenvalue weighted by atomic mass is 35.5. The molecule has 0 aliphatic rings. The van der Waals surface area contributed by atoms with Crippen molar-refractivity contribution >= 4 is 23.2 Å². The molecule has 0 saturated heterocycles. The smallest absolute Gasteiger partial charge is 0.103 e. The Labute approximate surface area is 115 Å². The minimum absolute atomic E-state index is 0.326. The van der Waals surface area contributed by atoms with Crippen LogP contribution in [-0.4, -0.2) is 19.9 Å². The minimum Gasteiger partial charge on any atom is -0.386 e. The van der Waals surface area contributed by atoms with Gasteiger partial charge in [-0.3, -0.25) is 9.67 Å². The number of rotatable bonds is 3. The van der Waals surface area contributed by atoms with E-state index in [4.69, 9.17) is 23.2 Å². The van der Waals surface area contributed by atoms with Crippen LogP contribution in [0.5, 0.6) is 0 Å². The number of aliphatic hydroxyl groups excluding tert-OH is 1. The van der Waals surface area contributed by atoms with Gasteiger partial charge in [-0.2, -0.15) is 5.10 Å². The largest absolute Gasteiger partial charge is 0.386 e. The van der Waals surface area contributed by atoms with Crippen LogP contribution in [0, 0.1) is 6.92 Å². The summed E-state index contributed by atoms with van der Waals surface area (Å²) in [6.45, 7) is 1.83. The van der Waals surface area contributed by atoms with Gasteiger partial charge in [0.2, 0.25) is 0 Å². The summed E-state index contributed by atoms with van der Waals surface area (Å²) in [5.74, 6) is 0. The molecule has 0 aromatic carbocycles. The molecule has 0 aliphatic carbocycles. The van der Waals surface area contributed by atoms with E-state index in [-0.39, 0.29) is 0 Å².